The zero-order valence-electron chi connectivity index (χ0n) is 9.17. The molecule has 0 aromatic heterocycles. The molecule has 1 aliphatic heterocycles. The van der Waals surface area contributed by atoms with E-state index in [0.717, 1.165) is 5.56 Å². The van der Waals surface area contributed by atoms with Crippen LogP contribution in [0.15, 0.2) is 23.2 Å². The van der Waals surface area contributed by atoms with Gasteiger partial charge in [0, 0.05) is 7.05 Å². The number of nitrogens with two attached hydrogens (primary N) is 1. The molecule has 0 saturated heterocycles. The Morgan fingerprint density at radius 3 is 2.75 bits per heavy atom. The van der Waals surface area contributed by atoms with Gasteiger partial charge in [-0.3, -0.25) is 4.99 Å². The lowest BCUT2D eigenvalue weighted by Gasteiger charge is -2.33. The Kier molecular flexibility index (Phi) is 2.54. The lowest BCUT2D eigenvalue weighted by atomic mass is 9.91. The van der Waals surface area contributed by atoms with Gasteiger partial charge in [0.2, 0.25) is 0 Å². The first-order valence-corrected chi connectivity index (χ1v) is 5.32. The predicted molar refractivity (Wildman–Crippen MR) is 63.0 cm³/mol. The van der Waals surface area contributed by atoms with Crippen molar-refractivity contribution >= 4 is 17.6 Å². The summed E-state index contributed by atoms with van der Waals surface area (Å²) >= 11 is 5.78. The van der Waals surface area contributed by atoms with Crippen LogP contribution in [0.25, 0.3) is 0 Å². The Labute approximate surface area is 98.7 Å². The molecule has 1 aromatic rings. The summed E-state index contributed by atoms with van der Waals surface area (Å²) in [5.41, 5.74) is 6.29. The molecule has 2 N–H and O–H groups in total. The van der Waals surface area contributed by atoms with Gasteiger partial charge in [-0.25, -0.2) is 4.39 Å². The van der Waals surface area contributed by atoms with E-state index < -0.39 is 5.82 Å². The number of likely N-dealkylation sites (N-methyl/N-ethyl adjacent to an activating group) is 1. The number of hydrogen-bond donors (Lipinski definition) is 1. The molecule has 0 radical (unpaired) electrons. The van der Waals surface area contributed by atoms with E-state index in [0.29, 0.717) is 12.5 Å². The summed E-state index contributed by atoms with van der Waals surface area (Å²) in [6, 6.07) is 4.71. The van der Waals surface area contributed by atoms with Crippen LogP contribution in [-0.4, -0.2) is 24.5 Å². The third-order valence-corrected chi connectivity index (χ3v) is 3.46. The Hall–Kier alpha value is -1.29. The first-order valence-electron chi connectivity index (χ1n) is 4.94. The lowest BCUT2D eigenvalue weighted by molar-refractivity contribution is 0.267. The standard InChI is InChI=1S/C11H13ClFN3/c1-11(6-15-10(14)16(11)2)7-3-4-9(13)8(12)5-7/h3-5H,6H2,1-2H3,(H2,14,15). The molecule has 0 saturated carbocycles. The molecule has 1 atom stereocenters. The second-order valence-corrected chi connectivity index (χ2v) is 4.54. The normalized spacial score (nSPS) is 24.8. The summed E-state index contributed by atoms with van der Waals surface area (Å²) in [4.78, 5) is 6.05. The number of guanidine groups is 1. The average Bonchev–Trinajstić information content (AvgIpc) is 2.52. The van der Waals surface area contributed by atoms with Crippen molar-refractivity contribution in [3.05, 3.63) is 34.6 Å². The zero-order valence-corrected chi connectivity index (χ0v) is 9.92. The maximum Gasteiger partial charge on any atom is 0.191 e. The summed E-state index contributed by atoms with van der Waals surface area (Å²) < 4.78 is 13.1. The Morgan fingerprint density at radius 2 is 2.25 bits per heavy atom. The number of rotatable bonds is 1. The number of hydrogen-bond acceptors (Lipinski definition) is 3. The van der Waals surface area contributed by atoms with E-state index in [9.17, 15) is 4.39 Å². The molecule has 3 nitrogen and oxygen atoms in total. The molecular formula is C11H13ClFN3. The highest BCUT2D eigenvalue weighted by molar-refractivity contribution is 6.30. The van der Waals surface area contributed by atoms with Crippen molar-refractivity contribution < 1.29 is 4.39 Å². The Morgan fingerprint density at radius 1 is 1.56 bits per heavy atom. The SMILES string of the molecule is CN1C(N)=NCC1(C)c1ccc(F)c(Cl)c1. The van der Waals surface area contributed by atoms with Gasteiger partial charge in [0.05, 0.1) is 17.1 Å². The molecule has 0 fully saturated rings. The average molecular weight is 242 g/mol. The van der Waals surface area contributed by atoms with Gasteiger partial charge in [-0.15, -0.1) is 0 Å². The maximum absolute atomic E-state index is 13.1. The molecular weight excluding hydrogens is 229 g/mol. The van der Waals surface area contributed by atoms with Gasteiger partial charge < -0.3 is 10.6 Å². The van der Waals surface area contributed by atoms with Crippen LogP contribution >= 0.6 is 11.6 Å². The second-order valence-electron chi connectivity index (χ2n) is 4.14. The summed E-state index contributed by atoms with van der Waals surface area (Å²) in [7, 11) is 1.86. The zero-order chi connectivity index (χ0) is 11.9. The quantitative estimate of drug-likeness (QED) is 0.817. The Balaban J connectivity index is 2.42. The van der Waals surface area contributed by atoms with Gasteiger partial charge in [-0.05, 0) is 24.6 Å². The smallest absolute Gasteiger partial charge is 0.191 e. The Bertz CT molecular complexity index is 461. The van der Waals surface area contributed by atoms with Crippen molar-refractivity contribution in [3.63, 3.8) is 0 Å². The van der Waals surface area contributed by atoms with E-state index in [1.54, 1.807) is 12.1 Å². The fourth-order valence-electron chi connectivity index (χ4n) is 1.82. The van der Waals surface area contributed by atoms with E-state index in [2.05, 4.69) is 4.99 Å². The number of benzene rings is 1. The molecule has 1 unspecified atom stereocenters. The molecule has 0 spiro atoms. The lowest BCUT2D eigenvalue weighted by Crippen LogP contribution is -2.44. The summed E-state index contributed by atoms with van der Waals surface area (Å²) in [6.45, 7) is 2.55. The third-order valence-electron chi connectivity index (χ3n) is 3.17. The van der Waals surface area contributed by atoms with Gasteiger partial charge >= 0.3 is 0 Å². The van der Waals surface area contributed by atoms with Crippen molar-refractivity contribution in [2.75, 3.05) is 13.6 Å². The number of aliphatic imine (C=N–C) groups is 1. The molecule has 86 valence electrons. The fourth-order valence-corrected chi connectivity index (χ4v) is 2.00. The number of halogens is 2. The van der Waals surface area contributed by atoms with Crippen LogP contribution in [0, 0.1) is 5.82 Å². The van der Waals surface area contributed by atoms with Gasteiger partial charge in [-0.1, -0.05) is 17.7 Å². The molecule has 1 aromatic carbocycles. The van der Waals surface area contributed by atoms with Crippen LogP contribution in [0.1, 0.15) is 12.5 Å². The van der Waals surface area contributed by atoms with Gasteiger partial charge in [0.15, 0.2) is 5.96 Å². The van der Waals surface area contributed by atoms with Crippen molar-refractivity contribution in [2.45, 2.75) is 12.5 Å². The topological polar surface area (TPSA) is 41.6 Å². The van der Waals surface area contributed by atoms with Crippen LogP contribution in [0.3, 0.4) is 0 Å². The first-order chi connectivity index (χ1) is 7.45. The van der Waals surface area contributed by atoms with E-state index in [1.807, 2.05) is 18.9 Å². The third kappa shape index (κ3) is 1.53. The van der Waals surface area contributed by atoms with E-state index in [1.165, 1.54) is 6.07 Å². The van der Waals surface area contributed by atoms with Crippen molar-refractivity contribution in [1.82, 2.24) is 4.90 Å². The molecule has 1 aliphatic rings. The van der Waals surface area contributed by atoms with E-state index in [4.69, 9.17) is 17.3 Å². The van der Waals surface area contributed by atoms with Crippen molar-refractivity contribution in [3.8, 4) is 0 Å². The largest absolute Gasteiger partial charge is 0.370 e. The minimum atomic E-state index is -0.413. The highest BCUT2D eigenvalue weighted by atomic mass is 35.5. The van der Waals surface area contributed by atoms with Crippen LogP contribution in [0.4, 0.5) is 4.39 Å². The molecule has 0 amide bonds. The molecule has 0 aliphatic carbocycles. The molecule has 0 bridgehead atoms. The van der Waals surface area contributed by atoms with Crippen LogP contribution in [0.5, 0.6) is 0 Å². The van der Waals surface area contributed by atoms with Crippen LogP contribution in [-0.2, 0) is 5.54 Å². The predicted octanol–water partition coefficient (Wildman–Crippen LogP) is 1.95. The molecule has 1 heterocycles. The molecule has 5 heteroatoms. The van der Waals surface area contributed by atoms with Gasteiger partial charge in [0.1, 0.15) is 5.82 Å². The monoisotopic (exact) mass is 241 g/mol. The van der Waals surface area contributed by atoms with Gasteiger partial charge in [-0.2, -0.15) is 0 Å². The maximum atomic E-state index is 13.1. The van der Waals surface area contributed by atoms with Crippen molar-refractivity contribution in [2.24, 2.45) is 10.7 Å². The minimum Gasteiger partial charge on any atom is -0.370 e. The van der Waals surface area contributed by atoms with Gasteiger partial charge in [0.25, 0.3) is 0 Å². The highest BCUT2D eigenvalue weighted by Gasteiger charge is 2.37. The second kappa shape index (κ2) is 3.63. The summed E-state index contributed by atoms with van der Waals surface area (Å²) in [5, 5.41) is 0.123. The molecule has 2 rings (SSSR count). The number of nitrogens with zero attached hydrogens (tertiary/aromatic N) is 2. The molecule has 16 heavy (non-hydrogen) atoms. The summed E-state index contributed by atoms with van der Waals surface area (Å²) in [5.74, 6) is 0.0755. The summed E-state index contributed by atoms with van der Waals surface area (Å²) in [6.07, 6.45) is 0. The fraction of sp³-hybridized carbons (Fsp3) is 0.364. The van der Waals surface area contributed by atoms with Crippen LogP contribution < -0.4 is 5.73 Å². The van der Waals surface area contributed by atoms with Crippen molar-refractivity contribution in [1.29, 1.82) is 0 Å². The minimum absolute atomic E-state index is 0.123. The first kappa shape index (κ1) is 11.2. The highest BCUT2D eigenvalue weighted by Crippen LogP contribution is 2.33. The van der Waals surface area contributed by atoms with E-state index >= 15 is 0 Å². The van der Waals surface area contributed by atoms with Crippen LogP contribution in [0.2, 0.25) is 5.02 Å². The van der Waals surface area contributed by atoms with E-state index in [-0.39, 0.29) is 10.6 Å².